The highest BCUT2D eigenvalue weighted by molar-refractivity contribution is 5.42. The molecule has 3 heteroatoms. The molecule has 0 saturated heterocycles. The quantitative estimate of drug-likeness (QED) is 0.696. The smallest absolute Gasteiger partial charge is 0.125 e. The Balaban J connectivity index is 2.19. The predicted molar refractivity (Wildman–Crippen MR) is 80.1 cm³/mol. The second kappa shape index (κ2) is 8.94. The molecular weight excluding hydrogens is 238 g/mol. The molecule has 0 bridgehead atoms. The van der Waals surface area contributed by atoms with Crippen LogP contribution in [0.3, 0.4) is 0 Å². The Labute approximate surface area is 117 Å². The first-order valence-corrected chi connectivity index (χ1v) is 7.14. The average molecular weight is 265 g/mol. The fourth-order valence-electron chi connectivity index (χ4n) is 2.15. The number of hydrogen-bond donors (Lipinski definition) is 1. The molecule has 1 rings (SSSR count). The minimum absolute atomic E-state index is 0.714. The van der Waals surface area contributed by atoms with E-state index in [0.29, 0.717) is 6.61 Å². The summed E-state index contributed by atoms with van der Waals surface area (Å²) in [5.41, 5.74) is 3.71. The second-order valence-electron chi connectivity index (χ2n) is 4.90. The van der Waals surface area contributed by atoms with Gasteiger partial charge in [0.05, 0.1) is 13.2 Å². The summed E-state index contributed by atoms with van der Waals surface area (Å²) in [7, 11) is 0. The lowest BCUT2D eigenvalue weighted by molar-refractivity contribution is 0.121. The van der Waals surface area contributed by atoms with Crippen molar-refractivity contribution in [1.82, 2.24) is 5.32 Å². The van der Waals surface area contributed by atoms with Gasteiger partial charge in [-0.2, -0.15) is 0 Å². The van der Waals surface area contributed by atoms with E-state index in [-0.39, 0.29) is 0 Å². The van der Waals surface area contributed by atoms with Crippen LogP contribution in [0.4, 0.5) is 0 Å². The van der Waals surface area contributed by atoms with E-state index in [1.54, 1.807) is 0 Å². The maximum absolute atomic E-state index is 5.85. The van der Waals surface area contributed by atoms with Crippen LogP contribution >= 0.6 is 0 Å². The number of rotatable bonds is 9. The maximum atomic E-state index is 5.85. The van der Waals surface area contributed by atoms with Gasteiger partial charge in [0, 0.05) is 19.6 Å². The van der Waals surface area contributed by atoms with E-state index in [9.17, 15) is 0 Å². The molecule has 0 saturated carbocycles. The lowest BCUT2D eigenvalue weighted by Gasteiger charge is -2.13. The van der Waals surface area contributed by atoms with Crippen molar-refractivity contribution in [2.24, 2.45) is 0 Å². The fraction of sp³-hybridized carbons (Fsp3) is 0.625. The first-order chi connectivity index (χ1) is 9.15. The second-order valence-corrected chi connectivity index (χ2v) is 4.90. The van der Waals surface area contributed by atoms with Crippen LogP contribution in [-0.4, -0.2) is 32.9 Å². The van der Waals surface area contributed by atoms with Crippen LogP contribution in [0.2, 0.25) is 0 Å². The van der Waals surface area contributed by atoms with Crippen molar-refractivity contribution in [3.63, 3.8) is 0 Å². The van der Waals surface area contributed by atoms with Gasteiger partial charge in [-0.05, 0) is 38.4 Å². The highest BCUT2D eigenvalue weighted by Crippen LogP contribution is 2.24. The molecule has 0 amide bonds. The number of aryl methyl sites for hydroxylation is 3. The third-order valence-electron chi connectivity index (χ3n) is 2.96. The number of ether oxygens (including phenoxy) is 2. The Hall–Kier alpha value is -1.06. The lowest BCUT2D eigenvalue weighted by atomic mass is 10.1. The van der Waals surface area contributed by atoms with E-state index in [1.165, 1.54) is 16.7 Å². The third kappa shape index (κ3) is 6.08. The van der Waals surface area contributed by atoms with E-state index in [4.69, 9.17) is 9.47 Å². The van der Waals surface area contributed by atoms with Crippen LogP contribution in [0.25, 0.3) is 0 Å². The Morgan fingerprint density at radius 3 is 2.32 bits per heavy atom. The first kappa shape index (κ1) is 16.0. The van der Waals surface area contributed by atoms with Crippen LogP contribution in [0, 0.1) is 20.8 Å². The summed E-state index contributed by atoms with van der Waals surface area (Å²) < 4.78 is 11.4. The zero-order chi connectivity index (χ0) is 14.1. The Bertz CT molecular complexity index is 354. The zero-order valence-electron chi connectivity index (χ0n) is 12.7. The predicted octanol–water partition coefficient (Wildman–Crippen LogP) is 3.01. The minimum atomic E-state index is 0.714. The zero-order valence-corrected chi connectivity index (χ0v) is 12.7. The molecule has 0 aliphatic rings. The van der Waals surface area contributed by atoms with Gasteiger partial charge in [-0.1, -0.05) is 24.6 Å². The first-order valence-electron chi connectivity index (χ1n) is 7.14. The lowest BCUT2D eigenvalue weighted by Crippen LogP contribution is -2.19. The monoisotopic (exact) mass is 265 g/mol. The number of likely N-dealkylation sites (N-methyl/N-ethyl adjacent to an activating group) is 1. The molecule has 0 aliphatic carbocycles. The van der Waals surface area contributed by atoms with E-state index >= 15 is 0 Å². The van der Waals surface area contributed by atoms with Gasteiger partial charge in [-0.15, -0.1) is 0 Å². The molecule has 0 aromatic heterocycles. The van der Waals surface area contributed by atoms with E-state index < -0.39 is 0 Å². The van der Waals surface area contributed by atoms with E-state index in [2.05, 4.69) is 45.1 Å². The van der Waals surface area contributed by atoms with Gasteiger partial charge in [0.1, 0.15) is 5.75 Å². The van der Waals surface area contributed by atoms with E-state index in [0.717, 1.165) is 38.5 Å². The van der Waals surface area contributed by atoms with Crippen molar-refractivity contribution >= 4 is 0 Å². The van der Waals surface area contributed by atoms with Crippen LogP contribution in [0.5, 0.6) is 5.75 Å². The molecule has 0 atom stereocenters. The van der Waals surface area contributed by atoms with Gasteiger partial charge in [0.15, 0.2) is 0 Å². The molecule has 108 valence electrons. The summed E-state index contributed by atoms with van der Waals surface area (Å²) in [6, 6.07) is 4.32. The topological polar surface area (TPSA) is 30.5 Å². The Kier molecular flexibility index (Phi) is 7.53. The maximum Gasteiger partial charge on any atom is 0.125 e. The van der Waals surface area contributed by atoms with Crippen molar-refractivity contribution in [2.45, 2.75) is 34.1 Å². The van der Waals surface area contributed by atoms with Crippen molar-refractivity contribution in [3.05, 3.63) is 28.8 Å². The average Bonchev–Trinajstić information content (AvgIpc) is 2.35. The van der Waals surface area contributed by atoms with Crippen LogP contribution in [0.15, 0.2) is 12.1 Å². The molecule has 0 heterocycles. The molecule has 19 heavy (non-hydrogen) atoms. The van der Waals surface area contributed by atoms with Crippen molar-refractivity contribution in [1.29, 1.82) is 0 Å². The van der Waals surface area contributed by atoms with Crippen molar-refractivity contribution in [3.8, 4) is 5.75 Å². The summed E-state index contributed by atoms with van der Waals surface area (Å²) >= 11 is 0. The van der Waals surface area contributed by atoms with Crippen molar-refractivity contribution in [2.75, 3.05) is 32.9 Å². The SMILES string of the molecule is CCNCCOCCCOc1c(C)cc(C)cc1C. The summed E-state index contributed by atoms with van der Waals surface area (Å²) in [6.45, 7) is 12.6. The normalized spacial score (nSPS) is 10.7. The molecule has 0 spiro atoms. The molecule has 0 unspecified atom stereocenters. The summed E-state index contributed by atoms with van der Waals surface area (Å²) in [6.07, 6.45) is 0.929. The molecule has 0 aliphatic heterocycles. The molecule has 1 N–H and O–H groups in total. The highest BCUT2D eigenvalue weighted by Gasteiger charge is 2.04. The summed E-state index contributed by atoms with van der Waals surface area (Å²) in [4.78, 5) is 0. The number of hydrogen-bond acceptors (Lipinski definition) is 3. The van der Waals surface area contributed by atoms with Gasteiger partial charge in [0.25, 0.3) is 0 Å². The van der Waals surface area contributed by atoms with Crippen molar-refractivity contribution < 1.29 is 9.47 Å². The molecule has 3 nitrogen and oxygen atoms in total. The minimum Gasteiger partial charge on any atom is -0.493 e. The van der Waals surface area contributed by atoms with Gasteiger partial charge < -0.3 is 14.8 Å². The molecule has 0 radical (unpaired) electrons. The highest BCUT2D eigenvalue weighted by atomic mass is 16.5. The molecule has 1 aromatic carbocycles. The fourth-order valence-corrected chi connectivity index (χ4v) is 2.15. The molecule has 0 fully saturated rings. The van der Waals surface area contributed by atoms with Gasteiger partial charge in [-0.3, -0.25) is 0 Å². The van der Waals surface area contributed by atoms with Crippen LogP contribution in [0.1, 0.15) is 30.0 Å². The van der Waals surface area contributed by atoms with Gasteiger partial charge in [-0.25, -0.2) is 0 Å². The summed E-state index contributed by atoms with van der Waals surface area (Å²) in [5, 5.41) is 3.23. The molecular formula is C16H27NO2. The standard InChI is InChI=1S/C16H27NO2/c1-5-17-7-10-18-8-6-9-19-16-14(3)11-13(2)12-15(16)4/h11-12,17H,5-10H2,1-4H3. The number of nitrogens with one attached hydrogen (secondary N) is 1. The summed E-state index contributed by atoms with van der Waals surface area (Å²) in [5.74, 6) is 1.03. The van der Waals surface area contributed by atoms with Crippen LogP contribution < -0.4 is 10.1 Å². The van der Waals surface area contributed by atoms with Gasteiger partial charge in [0.2, 0.25) is 0 Å². The molecule has 1 aromatic rings. The largest absolute Gasteiger partial charge is 0.493 e. The van der Waals surface area contributed by atoms with Gasteiger partial charge >= 0.3 is 0 Å². The third-order valence-corrected chi connectivity index (χ3v) is 2.96. The number of benzene rings is 1. The Morgan fingerprint density at radius 2 is 1.68 bits per heavy atom. The van der Waals surface area contributed by atoms with Crippen LogP contribution in [-0.2, 0) is 4.74 Å². The van der Waals surface area contributed by atoms with E-state index in [1.807, 2.05) is 0 Å². The Morgan fingerprint density at radius 1 is 1.00 bits per heavy atom.